The summed E-state index contributed by atoms with van der Waals surface area (Å²) >= 11 is 0. The van der Waals surface area contributed by atoms with E-state index in [2.05, 4.69) is 5.32 Å². The predicted octanol–water partition coefficient (Wildman–Crippen LogP) is 2.11. The molecule has 1 atom stereocenters. The van der Waals surface area contributed by atoms with Crippen LogP contribution in [0.25, 0.3) is 0 Å². The highest BCUT2D eigenvalue weighted by atomic mass is 16.4. The van der Waals surface area contributed by atoms with Gasteiger partial charge in [-0.25, -0.2) is 4.79 Å². The quantitative estimate of drug-likeness (QED) is 0.837. The number of amides is 1. The molecular weight excluding hydrogens is 256 g/mol. The van der Waals surface area contributed by atoms with Crippen molar-refractivity contribution in [2.45, 2.75) is 52.6 Å². The van der Waals surface area contributed by atoms with Crippen LogP contribution in [-0.4, -0.2) is 27.6 Å². The Morgan fingerprint density at radius 1 is 1.45 bits per heavy atom. The molecule has 2 N–H and O–H groups in total. The van der Waals surface area contributed by atoms with Gasteiger partial charge in [-0.1, -0.05) is 12.8 Å². The van der Waals surface area contributed by atoms with Crippen LogP contribution in [0.5, 0.6) is 0 Å². The summed E-state index contributed by atoms with van der Waals surface area (Å²) in [4.78, 5) is 23.5. The van der Waals surface area contributed by atoms with Gasteiger partial charge < -0.3 is 15.0 Å². The molecule has 1 amide bonds. The van der Waals surface area contributed by atoms with Crippen molar-refractivity contribution >= 4 is 11.9 Å². The largest absolute Gasteiger partial charge is 0.480 e. The van der Waals surface area contributed by atoms with E-state index in [1.807, 2.05) is 31.4 Å². The zero-order valence-corrected chi connectivity index (χ0v) is 12.3. The number of hydrogen-bond acceptors (Lipinski definition) is 2. The van der Waals surface area contributed by atoms with Crippen molar-refractivity contribution in [2.75, 3.05) is 0 Å². The van der Waals surface area contributed by atoms with Crippen LogP contribution >= 0.6 is 0 Å². The Labute approximate surface area is 119 Å². The Bertz CT molecular complexity index is 529. The summed E-state index contributed by atoms with van der Waals surface area (Å²) in [7, 11) is 0. The van der Waals surface area contributed by atoms with Gasteiger partial charge in [0.15, 0.2) is 0 Å². The molecular formula is C15H22N2O3. The Hall–Kier alpha value is -1.78. The van der Waals surface area contributed by atoms with Gasteiger partial charge in [-0.15, -0.1) is 0 Å². The second kappa shape index (κ2) is 5.69. The number of nitrogens with zero attached hydrogens (tertiary/aromatic N) is 1. The second-order valence-electron chi connectivity index (χ2n) is 5.57. The van der Waals surface area contributed by atoms with E-state index < -0.39 is 12.0 Å². The summed E-state index contributed by atoms with van der Waals surface area (Å²) in [6.07, 6.45) is 2.68. The third-order valence-corrected chi connectivity index (χ3v) is 4.00. The average molecular weight is 278 g/mol. The van der Waals surface area contributed by atoms with E-state index in [4.69, 9.17) is 0 Å². The number of carbonyl (C=O) groups excluding carboxylic acids is 1. The fourth-order valence-corrected chi connectivity index (χ4v) is 2.66. The molecule has 0 radical (unpaired) electrons. The smallest absolute Gasteiger partial charge is 0.326 e. The molecule has 1 saturated carbocycles. The zero-order valence-electron chi connectivity index (χ0n) is 12.3. The van der Waals surface area contributed by atoms with Gasteiger partial charge in [0.25, 0.3) is 5.91 Å². The zero-order chi connectivity index (χ0) is 14.9. The molecule has 5 heteroatoms. The lowest BCUT2D eigenvalue weighted by molar-refractivity contribution is -0.139. The molecule has 0 bridgehead atoms. The summed E-state index contributed by atoms with van der Waals surface area (Å²) in [5.41, 5.74) is 2.48. The van der Waals surface area contributed by atoms with Gasteiger partial charge in [-0.05, 0) is 39.2 Å². The standard InChI is InChI=1S/C15H22N2O3/c1-4-17-9(2)7-12(10(17)3)14(18)16-13(15(19)20)8-11-5-6-11/h7,11,13H,4-6,8H2,1-3H3,(H,16,18)(H,19,20). The van der Waals surface area contributed by atoms with E-state index in [-0.39, 0.29) is 5.91 Å². The molecule has 1 aliphatic carbocycles. The average Bonchev–Trinajstić information content (AvgIpc) is 3.14. The number of carboxylic acids is 1. The number of aliphatic carboxylic acids is 1. The van der Waals surface area contributed by atoms with Crippen LogP contribution in [0.1, 0.15) is 47.9 Å². The highest BCUT2D eigenvalue weighted by Crippen LogP contribution is 2.33. The molecule has 20 heavy (non-hydrogen) atoms. The molecule has 1 aromatic heterocycles. The van der Waals surface area contributed by atoms with Crippen molar-refractivity contribution in [3.8, 4) is 0 Å². The number of rotatable bonds is 6. The van der Waals surface area contributed by atoms with Gasteiger partial charge in [0.2, 0.25) is 0 Å². The first-order chi connectivity index (χ1) is 9.43. The molecule has 0 spiro atoms. The minimum Gasteiger partial charge on any atom is -0.480 e. The van der Waals surface area contributed by atoms with Gasteiger partial charge in [0.05, 0.1) is 5.56 Å². The van der Waals surface area contributed by atoms with Crippen molar-refractivity contribution in [1.29, 1.82) is 0 Å². The lowest BCUT2D eigenvalue weighted by Gasteiger charge is -2.14. The van der Waals surface area contributed by atoms with Gasteiger partial charge in [0.1, 0.15) is 6.04 Å². The minimum absolute atomic E-state index is 0.286. The Morgan fingerprint density at radius 3 is 2.55 bits per heavy atom. The molecule has 1 unspecified atom stereocenters. The summed E-state index contributed by atoms with van der Waals surface area (Å²) < 4.78 is 2.05. The van der Waals surface area contributed by atoms with E-state index in [0.717, 1.165) is 30.8 Å². The fraction of sp³-hybridized carbons (Fsp3) is 0.600. The van der Waals surface area contributed by atoms with Gasteiger partial charge in [0, 0.05) is 17.9 Å². The van der Waals surface area contributed by atoms with Crippen molar-refractivity contribution in [2.24, 2.45) is 5.92 Å². The SMILES string of the molecule is CCn1c(C)cc(C(=O)NC(CC2CC2)C(=O)O)c1C. The monoisotopic (exact) mass is 278 g/mol. The van der Waals surface area contributed by atoms with Gasteiger partial charge in [-0.3, -0.25) is 4.79 Å². The Kier molecular flexibility index (Phi) is 4.16. The number of nitrogens with one attached hydrogen (secondary N) is 1. The van der Waals surface area contributed by atoms with Crippen LogP contribution in [-0.2, 0) is 11.3 Å². The first kappa shape index (κ1) is 14.6. The van der Waals surface area contributed by atoms with E-state index in [0.29, 0.717) is 17.9 Å². The van der Waals surface area contributed by atoms with Crippen LogP contribution in [0.3, 0.4) is 0 Å². The van der Waals surface area contributed by atoms with E-state index in [1.165, 1.54) is 0 Å². The molecule has 0 aliphatic heterocycles. The third-order valence-electron chi connectivity index (χ3n) is 4.00. The lowest BCUT2D eigenvalue weighted by atomic mass is 10.1. The van der Waals surface area contributed by atoms with Gasteiger partial charge in [-0.2, -0.15) is 0 Å². The molecule has 1 heterocycles. The van der Waals surface area contributed by atoms with Crippen molar-refractivity contribution in [3.63, 3.8) is 0 Å². The molecule has 2 rings (SSSR count). The molecule has 1 aromatic rings. The fourth-order valence-electron chi connectivity index (χ4n) is 2.66. The van der Waals surface area contributed by atoms with E-state index in [1.54, 1.807) is 0 Å². The summed E-state index contributed by atoms with van der Waals surface area (Å²) in [5.74, 6) is -0.778. The Balaban J connectivity index is 2.11. The number of carboxylic acid groups (broad SMARTS) is 1. The van der Waals surface area contributed by atoms with Crippen molar-refractivity contribution in [1.82, 2.24) is 9.88 Å². The molecule has 0 aromatic carbocycles. The van der Waals surface area contributed by atoms with E-state index in [9.17, 15) is 14.7 Å². The first-order valence-corrected chi connectivity index (χ1v) is 7.14. The second-order valence-corrected chi connectivity index (χ2v) is 5.57. The number of hydrogen-bond donors (Lipinski definition) is 2. The number of aromatic nitrogens is 1. The molecule has 5 nitrogen and oxygen atoms in total. The maximum atomic E-state index is 12.3. The maximum Gasteiger partial charge on any atom is 0.326 e. The topological polar surface area (TPSA) is 71.3 Å². The third kappa shape index (κ3) is 3.03. The van der Waals surface area contributed by atoms with Crippen LogP contribution in [0.2, 0.25) is 0 Å². The number of carbonyl (C=O) groups is 2. The predicted molar refractivity (Wildman–Crippen MR) is 75.8 cm³/mol. The minimum atomic E-state index is -0.949. The molecule has 1 fully saturated rings. The van der Waals surface area contributed by atoms with Crippen LogP contribution < -0.4 is 5.32 Å². The molecule has 110 valence electrons. The normalized spacial score (nSPS) is 15.9. The lowest BCUT2D eigenvalue weighted by Crippen LogP contribution is -2.41. The maximum absolute atomic E-state index is 12.3. The van der Waals surface area contributed by atoms with Crippen LogP contribution in [0, 0.1) is 19.8 Å². The highest BCUT2D eigenvalue weighted by Gasteiger charge is 2.30. The van der Waals surface area contributed by atoms with Gasteiger partial charge >= 0.3 is 5.97 Å². The molecule has 0 saturated heterocycles. The number of aryl methyl sites for hydroxylation is 1. The van der Waals surface area contributed by atoms with Crippen molar-refractivity contribution in [3.05, 3.63) is 23.0 Å². The Morgan fingerprint density at radius 2 is 2.10 bits per heavy atom. The van der Waals surface area contributed by atoms with Crippen LogP contribution in [0.4, 0.5) is 0 Å². The van der Waals surface area contributed by atoms with Crippen molar-refractivity contribution < 1.29 is 14.7 Å². The van der Waals surface area contributed by atoms with Crippen LogP contribution in [0.15, 0.2) is 6.07 Å². The molecule has 1 aliphatic rings. The highest BCUT2D eigenvalue weighted by molar-refractivity contribution is 5.97. The summed E-state index contributed by atoms with van der Waals surface area (Å²) in [5, 5.41) is 11.9. The summed E-state index contributed by atoms with van der Waals surface area (Å²) in [6.45, 7) is 6.67. The first-order valence-electron chi connectivity index (χ1n) is 7.14. The van der Waals surface area contributed by atoms with E-state index >= 15 is 0 Å². The summed E-state index contributed by atoms with van der Waals surface area (Å²) in [6, 6.07) is 1.05.